The molecule has 3 unspecified atom stereocenters. The first-order valence-electron chi connectivity index (χ1n) is 12.7. The number of hydrogen-bond acceptors (Lipinski definition) is 10. The quantitative estimate of drug-likeness (QED) is 0.418. The monoisotopic (exact) mass is 531 g/mol. The van der Waals surface area contributed by atoms with E-state index >= 15 is 0 Å². The zero-order valence-corrected chi connectivity index (χ0v) is 21.9. The molecule has 2 saturated heterocycles. The van der Waals surface area contributed by atoms with Crippen LogP contribution in [0.5, 0.6) is 0 Å². The van der Waals surface area contributed by atoms with Crippen LogP contribution in [-0.4, -0.2) is 66.5 Å². The molecule has 2 aliphatic heterocycles. The predicted molar refractivity (Wildman–Crippen MR) is 132 cm³/mol. The lowest BCUT2D eigenvalue weighted by Gasteiger charge is -2.45. The van der Waals surface area contributed by atoms with Crippen molar-refractivity contribution < 1.29 is 47.6 Å². The maximum atomic E-state index is 12.3. The van der Waals surface area contributed by atoms with Crippen molar-refractivity contribution in [3.05, 3.63) is 35.5 Å². The average molecular weight is 532 g/mol. The van der Waals surface area contributed by atoms with Crippen molar-refractivity contribution in [2.45, 2.75) is 83.6 Å². The summed E-state index contributed by atoms with van der Waals surface area (Å²) >= 11 is 0. The molecule has 11 nitrogen and oxygen atoms in total. The number of carbonyl (C=O) groups excluding carboxylic acids is 4. The molecule has 0 aliphatic carbocycles. The van der Waals surface area contributed by atoms with Crippen LogP contribution in [0.15, 0.2) is 24.3 Å². The second-order valence-electron chi connectivity index (χ2n) is 9.47. The Morgan fingerprint density at radius 2 is 1.53 bits per heavy atom. The highest BCUT2D eigenvalue weighted by Gasteiger charge is 2.53. The number of aromatic nitrogens is 1. The smallest absolute Gasteiger partial charge is 0.303 e. The molecule has 0 amide bonds. The van der Waals surface area contributed by atoms with Crippen LogP contribution in [0.2, 0.25) is 0 Å². The van der Waals surface area contributed by atoms with Crippen LogP contribution in [-0.2, 0) is 47.6 Å². The van der Waals surface area contributed by atoms with Crippen LogP contribution in [0.3, 0.4) is 0 Å². The number of hydrogen-bond donors (Lipinski definition) is 1. The van der Waals surface area contributed by atoms with E-state index in [9.17, 15) is 19.2 Å². The zero-order valence-electron chi connectivity index (χ0n) is 21.9. The number of esters is 4. The number of fused-ring (bicyclic) bond motifs is 1. The Morgan fingerprint density at radius 1 is 0.868 bits per heavy atom. The number of rotatable bonds is 7. The Morgan fingerprint density at radius 3 is 2.16 bits per heavy atom. The van der Waals surface area contributed by atoms with Crippen molar-refractivity contribution in [3.8, 4) is 0 Å². The summed E-state index contributed by atoms with van der Waals surface area (Å²) in [6, 6.07) is 7.58. The molecule has 38 heavy (non-hydrogen) atoms. The summed E-state index contributed by atoms with van der Waals surface area (Å²) in [6.07, 6.45) is -3.22. The summed E-state index contributed by atoms with van der Waals surface area (Å²) in [4.78, 5) is 51.7. The van der Waals surface area contributed by atoms with Crippen LogP contribution >= 0.6 is 0 Å². The number of para-hydroxylation sites is 1. The molecular weight excluding hydrogens is 498 g/mol. The molecule has 6 atom stereocenters. The molecule has 0 spiro atoms. The van der Waals surface area contributed by atoms with Crippen molar-refractivity contribution in [1.82, 2.24) is 4.98 Å². The first-order chi connectivity index (χ1) is 18.2. The molecule has 3 heterocycles. The number of benzene rings is 1. The van der Waals surface area contributed by atoms with Gasteiger partial charge in [-0.2, -0.15) is 0 Å². The van der Waals surface area contributed by atoms with Gasteiger partial charge in [0.25, 0.3) is 0 Å². The SMILES string of the molecule is CC(=O)OC[C@H]1OC(c2c([C@@H]3CCCCO3)[nH]c3ccccc23)[C@@H](OC(C)=O)C(OC(C)=O)C1OC(C)=O. The second-order valence-corrected chi connectivity index (χ2v) is 9.47. The Bertz CT molecular complexity index is 1180. The van der Waals surface area contributed by atoms with E-state index in [4.69, 9.17) is 28.4 Å². The fraction of sp³-hybridized carbons (Fsp3) is 0.556. The van der Waals surface area contributed by atoms with E-state index in [-0.39, 0.29) is 12.7 Å². The van der Waals surface area contributed by atoms with Crippen LogP contribution in [0.4, 0.5) is 0 Å². The molecule has 1 aromatic heterocycles. The summed E-state index contributed by atoms with van der Waals surface area (Å²) in [5.41, 5.74) is 2.25. The minimum Gasteiger partial charge on any atom is -0.463 e. The largest absolute Gasteiger partial charge is 0.463 e. The normalized spacial score (nSPS) is 27.4. The molecule has 1 N–H and O–H groups in total. The topological polar surface area (TPSA) is 139 Å². The van der Waals surface area contributed by atoms with Gasteiger partial charge in [-0.15, -0.1) is 0 Å². The van der Waals surface area contributed by atoms with Gasteiger partial charge < -0.3 is 33.4 Å². The first kappa shape index (κ1) is 27.6. The molecule has 2 aliphatic rings. The lowest BCUT2D eigenvalue weighted by molar-refractivity contribution is -0.254. The first-order valence-corrected chi connectivity index (χ1v) is 12.7. The number of ether oxygens (including phenoxy) is 6. The maximum absolute atomic E-state index is 12.3. The highest BCUT2D eigenvalue weighted by molar-refractivity contribution is 5.85. The van der Waals surface area contributed by atoms with Crippen molar-refractivity contribution in [3.63, 3.8) is 0 Å². The number of H-pyrrole nitrogens is 1. The zero-order chi connectivity index (χ0) is 27.4. The lowest BCUT2D eigenvalue weighted by atomic mass is 9.87. The molecule has 0 saturated carbocycles. The van der Waals surface area contributed by atoms with Crippen molar-refractivity contribution in [2.75, 3.05) is 13.2 Å². The summed E-state index contributed by atoms with van der Waals surface area (Å²) in [5.74, 6) is -2.56. The van der Waals surface area contributed by atoms with Gasteiger partial charge in [-0.25, -0.2) is 0 Å². The molecule has 4 rings (SSSR count). The Labute approximate surface area is 220 Å². The van der Waals surface area contributed by atoms with Crippen LogP contribution in [0.1, 0.15) is 70.4 Å². The fourth-order valence-electron chi connectivity index (χ4n) is 5.17. The van der Waals surface area contributed by atoms with Crippen molar-refractivity contribution >= 4 is 34.8 Å². The van der Waals surface area contributed by atoms with Gasteiger partial charge in [-0.1, -0.05) is 18.2 Å². The summed E-state index contributed by atoms with van der Waals surface area (Å²) in [5, 5.41) is 0.803. The molecular formula is C27H33NO10. The van der Waals surface area contributed by atoms with Gasteiger partial charge in [0.15, 0.2) is 18.3 Å². The summed E-state index contributed by atoms with van der Waals surface area (Å²) in [7, 11) is 0. The standard InChI is InChI=1S/C27H33NO10/c1-14(29)34-13-21-24(35-15(2)30)26(36-16(3)31)27(37-17(4)32)25(38-21)22-18-9-5-6-10-19(18)28-23(22)20-11-7-8-12-33-20/h5-6,9-10,20-21,24-28H,7-8,11-13H2,1-4H3/t20-,21+,24?,25?,26?,27+/m0/s1. The second kappa shape index (κ2) is 12.0. The number of carbonyl (C=O) groups is 4. The van der Waals surface area contributed by atoms with Crippen LogP contribution < -0.4 is 0 Å². The molecule has 206 valence electrons. The van der Waals surface area contributed by atoms with Gasteiger partial charge in [0, 0.05) is 50.8 Å². The number of nitrogens with one attached hydrogen (secondary N) is 1. The molecule has 0 radical (unpaired) electrons. The van der Waals surface area contributed by atoms with Gasteiger partial charge in [-0.05, 0) is 25.3 Å². The van der Waals surface area contributed by atoms with Crippen molar-refractivity contribution in [1.29, 1.82) is 0 Å². The summed E-state index contributed by atoms with van der Waals surface area (Å²) in [6.45, 7) is 5.18. The van der Waals surface area contributed by atoms with Gasteiger partial charge in [0.2, 0.25) is 0 Å². The van der Waals surface area contributed by atoms with Crippen LogP contribution in [0.25, 0.3) is 10.9 Å². The lowest BCUT2D eigenvalue weighted by Crippen LogP contribution is -2.59. The molecule has 2 aromatic rings. The van der Waals surface area contributed by atoms with E-state index in [1.807, 2.05) is 24.3 Å². The highest BCUT2D eigenvalue weighted by Crippen LogP contribution is 2.44. The van der Waals surface area contributed by atoms with E-state index in [0.717, 1.165) is 35.9 Å². The molecule has 2 fully saturated rings. The maximum Gasteiger partial charge on any atom is 0.303 e. The van der Waals surface area contributed by atoms with Crippen LogP contribution in [0, 0.1) is 0 Å². The minimum absolute atomic E-state index is 0.266. The van der Waals surface area contributed by atoms with E-state index < -0.39 is 54.4 Å². The fourth-order valence-corrected chi connectivity index (χ4v) is 5.17. The third kappa shape index (κ3) is 6.16. The molecule has 0 bridgehead atoms. The number of aromatic amines is 1. The third-order valence-corrected chi connectivity index (χ3v) is 6.55. The van der Waals surface area contributed by atoms with E-state index in [2.05, 4.69) is 4.98 Å². The Balaban J connectivity index is 1.88. The van der Waals surface area contributed by atoms with Gasteiger partial charge >= 0.3 is 23.9 Å². The molecule has 11 heteroatoms. The third-order valence-electron chi connectivity index (χ3n) is 6.55. The van der Waals surface area contributed by atoms with Gasteiger partial charge in [0.1, 0.15) is 18.8 Å². The van der Waals surface area contributed by atoms with E-state index in [1.165, 1.54) is 27.7 Å². The predicted octanol–water partition coefficient (Wildman–Crippen LogP) is 3.21. The van der Waals surface area contributed by atoms with E-state index in [0.29, 0.717) is 12.2 Å². The average Bonchev–Trinajstić information content (AvgIpc) is 3.24. The Hall–Kier alpha value is -3.44. The Kier molecular flexibility index (Phi) is 8.68. The van der Waals surface area contributed by atoms with Crippen molar-refractivity contribution in [2.24, 2.45) is 0 Å². The minimum atomic E-state index is -1.24. The summed E-state index contributed by atoms with van der Waals surface area (Å²) < 4.78 is 34.6. The highest BCUT2D eigenvalue weighted by atomic mass is 16.7. The van der Waals surface area contributed by atoms with E-state index in [1.54, 1.807) is 0 Å². The molecule has 1 aromatic carbocycles. The van der Waals surface area contributed by atoms with Gasteiger partial charge in [-0.3, -0.25) is 19.2 Å². The van der Waals surface area contributed by atoms with Gasteiger partial charge in [0.05, 0.1) is 11.8 Å².